The molecule has 0 radical (unpaired) electrons. The molecule has 0 aliphatic carbocycles. The molecule has 1 aromatic carbocycles. The molecule has 20 heavy (non-hydrogen) atoms. The summed E-state index contributed by atoms with van der Waals surface area (Å²) in [6.45, 7) is 1.92. The van der Waals surface area contributed by atoms with Crippen molar-refractivity contribution in [1.82, 2.24) is 10.2 Å². The van der Waals surface area contributed by atoms with Gasteiger partial charge in [0.1, 0.15) is 11.5 Å². The number of carbonyl (C=O) groups is 1. The fourth-order valence-corrected chi connectivity index (χ4v) is 2.53. The molecule has 1 aliphatic heterocycles. The van der Waals surface area contributed by atoms with Crippen LogP contribution in [0.15, 0.2) is 18.2 Å². The molecule has 5 nitrogen and oxygen atoms in total. The number of benzene rings is 1. The van der Waals surface area contributed by atoms with Gasteiger partial charge in [-0.15, -0.1) is 0 Å². The van der Waals surface area contributed by atoms with Crippen LogP contribution in [0.4, 0.5) is 0 Å². The van der Waals surface area contributed by atoms with Crippen LogP contribution in [-0.2, 0) is 0 Å². The topological polar surface area (TPSA) is 50.8 Å². The van der Waals surface area contributed by atoms with Gasteiger partial charge in [0.05, 0.1) is 19.8 Å². The predicted octanol–water partition coefficient (Wildman–Crippen LogP) is 1.53. The number of methoxy groups -OCH3 is 2. The smallest absolute Gasteiger partial charge is 0.257 e. The fourth-order valence-electron chi connectivity index (χ4n) is 2.53. The number of hydrogen-bond donors (Lipinski definition) is 1. The molecule has 0 saturated carbocycles. The highest BCUT2D eigenvalue weighted by molar-refractivity contribution is 5.97. The molecule has 110 valence electrons. The molecule has 1 heterocycles. The van der Waals surface area contributed by atoms with Crippen molar-refractivity contribution in [3.63, 3.8) is 0 Å². The molecule has 0 aromatic heterocycles. The molecule has 1 N–H and O–H groups in total. The van der Waals surface area contributed by atoms with Crippen molar-refractivity contribution >= 4 is 5.91 Å². The third-order valence-electron chi connectivity index (χ3n) is 3.82. The first-order valence-electron chi connectivity index (χ1n) is 6.87. The first kappa shape index (κ1) is 14.7. The van der Waals surface area contributed by atoms with E-state index in [0.29, 0.717) is 17.1 Å². The minimum Gasteiger partial charge on any atom is -0.497 e. The van der Waals surface area contributed by atoms with Crippen molar-refractivity contribution in [2.45, 2.75) is 18.9 Å². The maximum absolute atomic E-state index is 12.6. The van der Waals surface area contributed by atoms with Crippen LogP contribution in [0, 0.1) is 0 Å². The Hall–Kier alpha value is -1.75. The third-order valence-corrected chi connectivity index (χ3v) is 3.82. The molecule has 1 fully saturated rings. The zero-order chi connectivity index (χ0) is 14.5. The van der Waals surface area contributed by atoms with E-state index >= 15 is 0 Å². The van der Waals surface area contributed by atoms with Crippen molar-refractivity contribution in [2.75, 3.05) is 34.4 Å². The van der Waals surface area contributed by atoms with Gasteiger partial charge in [-0.05, 0) is 38.1 Å². The van der Waals surface area contributed by atoms with Crippen molar-refractivity contribution in [3.8, 4) is 11.5 Å². The molecule has 5 heteroatoms. The Bertz CT molecular complexity index is 470. The number of ether oxygens (including phenoxy) is 2. The molecule has 0 atom stereocenters. The lowest BCUT2D eigenvalue weighted by Crippen LogP contribution is -2.44. The Morgan fingerprint density at radius 3 is 2.55 bits per heavy atom. The maximum Gasteiger partial charge on any atom is 0.257 e. The van der Waals surface area contributed by atoms with Gasteiger partial charge in [0.2, 0.25) is 0 Å². The second-order valence-electron chi connectivity index (χ2n) is 4.96. The number of hydrogen-bond acceptors (Lipinski definition) is 4. The summed E-state index contributed by atoms with van der Waals surface area (Å²) >= 11 is 0. The Labute approximate surface area is 119 Å². The lowest BCUT2D eigenvalue weighted by molar-refractivity contribution is 0.0700. The number of nitrogens with one attached hydrogen (secondary N) is 1. The van der Waals surface area contributed by atoms with Crippen LogP contribution in [0.5, 0.6) is 11.5 Å². The van der Waals surface area contributed by atoms with Gasteiger partial charge in [-0.3, -0.25) is 4.79 Å². The summed E-state index contributed by atoms with van der Waals surface area (Å²) < 4.78 is 10.5. The molecule has 1 saturated heterocycles. The van der Waals surface area contributed by atoms with Gasteiger partial charge in [-0.2, -0.15) is 0 Å². The first-order valence-corrected chi connectivity index (χ1v) is 6.87. The summed E-state index contributed by atoms with van der Waals surface area (Å²) in [4.78, 5) is 14.4. The average Bonchev–Trinajstić information content (AvgIpc) is 2.53. The average molecular weight is 278 g/mol. The van der Waals surface area contributed by atoms with Gasteiger partial charge in [0.25, 0.3) is 5.91 Å². The van der Waals surface area contributed by atoms with Crippen LogP contribution >= 0.6 is 0 Å². The van der Waals surface area contributed by atoms with Crippen LogP contribution in [0.2, 0.25) is 0 Å². The van der Waals surface area contributed by atoms with E-state index in [1.54, 1.807) is 32.4 Å². The quantitative estimate of drug-likeness (QED) is 0.907. The van der Waals surface area contributed by atoms with Crippen LogP contribution in [0.1, 0.15) is 23.2 Å². The van der Waals surface area contributed by atoms with Crippen LogP contribution < -0.4 is 14.8 Å². The van der Waals surface area contributed by atoms with E-state index in [0.717, 1.165) is 25.9 Å². The van der Waals surface area contributed by atoms with Gasteiger partial charge in [-0.1, -0.05) is 0 Å². The van der Waals surface area contributed by atoms with E-state index in [-0.39, 0.29) is 11.9 Å². The van der Waals surface area contributed by atoms with Crippen LogP contribution in [0.25, 0.3) is 0 Å². The van der Waals surface area contributed by atoms with Crippen molar-refractivity contribution in [1.29, 1.82) is 0 Å². The zero-order valence-corrected chi connectivity index (χ0v) is 12.3. The summed E-state index contributed by atoms with van der Waals surface area (Å²) in [6, 6.07) is 5.57. The molecule has 0 spiro atoms. The second kappa shape index (κ2) is 6.61. The lowest BCUT2D eigenvalue weighted by atomic mass is 10.0. The Kier molecular flexibility index (Phi) is 4.84. The highest BCUT2D eigenvalue weighted by Gasteiger charge is 2.25. The Morgan fingerprint density at radius 1 is 1.25 bits per heavy atom. The van der Waals surface area contributed by atoms with E-state index in [4.69, 9.17) is 9.47 Å². The van der Waals surface area contributed by atoms with Gasteiger partial charge < -0.3 is 19.7 Å². The van der Waals surface area contributed by atoms with E-state index in [1.807, 2.05) is 11.9 Å². The Balaban J connectivity index is 2.19. The predicted molar refractivity (Wildman–Crippen MR) is 77.5 cm³/mol. The molecule has 2 rings (SSSR count). The summed E-state index contributed by atoms with van der Waals surface area (Å²) in [6.07, 6.45) is 1.97. The molecular weight excluding hydrogens is 256 g/mol. The number of amides is 1. The van der Waals surface area contributed by atoms with E-state index in [9.17, 15) is 4.79 Å². The first-order chi connectivity index (χ1) is 9.67. The summed E-state index contributed by atoms with van der Waals surface area (Å²) in [5, 5.41) is 3.31. The second-order valence-corrected chi connectivity index (χ2v) is 4.96. The molecule has 1 aromatic rings. The fraction of sp³-hybridized carbons (Fsp3) is 0.533. The lowest BCUT2D eigenvalue weighted by Gasteiger charge is -2.32. The van der Waals surface area contributed by atoms with Gasteiger partial charge in [-0.25, -0.2) is 0 Å². The van der Waals surface area contributed by atoms with Crippen LogP contribution in [-0.4, -0.2) is 51.2 Å². The number of piperidine rings is 1. The minimum absolute atomic E-state index is 0.00333. The summed E-state index contributed by atoms with van der Waals surface area (Å²) in [5.41, 5.74) is 0.578. The monoisotopic (exact) mass is 278 g/mol. The molecule has 1 amide bonds. The van der Waals surface area contributed by atoms with Crippen molar-refractivity contribution < 1.29 is 14.3 Å². The largest absolute Gasteiger partial charge is 0.497 e. The zero-order valence-electron chi connectivity index (χ0n) is 12.3. The molecule has 1 aliphatic rings. The molecule has 0 unspecified atom stereocenters. The molecule has 0 bridgehead atoms. The van der Waals surface area contributed by atoms with E-state index in [2.05, 4.69) is 5.32 Å². The van der Waals surface area contributed by atoms with Gasteiger partial charge in [0, 0.05) is 19.2 Å². The van der Waals surface area contributed by atoms with Crippen molar-refractivity contribution in [3.05, 3.63) is 23.8 Å². The number of carbonyl (C=O) groups excluding carboxylic acids is 1. The normalized spacial score (nSPS) is 15.8. The Morgan fingerprint density at radius 2 is 1.95 bits per heavy atom. The van der Waals surface area contributed by atoms with E-state index < -0.39 is 0 Å². The van der Waals surface area contributed by atoms with Gasteiger partial charge >= 0.3 is 0 Å². The maximum atomic E-state index is 12.6. The highest BCUT2D eigenvalue weighted by Crippen LogP contribution is 2.26. The third kappa shape index (κ3) is 3.04. The number of rotatable bonds is 4. The molecular formula is C15H22N2O3. The summed E-state index contributed by atoms with van der Waals surface area (Å²) in [5.74, 6) is 1.23. The van der Waals surface area contributed by atoms with Gasteiger partial charge in [0.15, 0.2) is 0 Å². The minimum atomic E-state index is -0.00333. The van der Waals surface area contributed by atoms with E-state index in [1.165, 1.54) is 0 Å². The van der Waals surface area contributed by atoms with Crippen LogP contribution in [0.3, 0.4) is 0 Å². The van der Waals surface area contributed by atoms with Crippen molar-refractivity contribution in [2.24, 2.45) is 0 Å². The number of nitrogens with zero attached hydrogens (tertiary/aromatic N) is 1. The SMILES string of the molecule is COc1ccc(C(=O)N(C)C2CCNCC2)c(OC)c1. The summed E-state index contributed by atoms with van der Waals surface area (Å²) in [7, 11) is 5.02. The highest BCUT2D eigenvalue weighted by atomic mass is 16.5. The standard InChI is InChI=1S/C15H22N2O3/c1-17(11-6-8-16-9-7-11)15(18)13-5-4-12(19-2)10-14(13)20-3/h4-5,10-11,16H,6-9H2,1-3H3.